The smallest absolute Gasteiger partial charge is 0.253 e. The van der Waals surface area contributed by atoms with Crippen molar-refractivity contribution in [3.05, 3.63) is 29.1 Å². The van der Waals surface area contributed by atoms with Crippen molar-refractivity contribution in [2.45, 2.75) is 44.4 Å². The van der Waals surface area contributed by atoms with Crippen LogP contribution in [0.2, 0.25) is 0 Å². The molecule has 1 saturated carbocycles. The molecule has 1 amide bonds. The summed E-state index contributed by atoms with van der Waals surface area (Å²) in [5.41, 5.74) is 2.44. The number of alkyl halides is 1. The van der Waals surface area contributed by atoms with E-state index in [1.165, 1.54) is 19.3 Å². The average molecular weight is 325 g/mol. The number of rotatable bonds is 3. The Morgan fingerprint density at radius 2 is 2.21 bits per heavy atom. The number of aryl methyl sites for hydroxylation is 2. The third-order valence-electron chi connectivity index (χ3n) is 3.74. The summed E-state index contributed by atoms with van der Waals surface area (Å²) in [4.78, 5) is 17.1. The SMILES string of the molecule is Cc1ccc(C(=O)NCC2CCCC(Br)C2)c(C)n1. The highest BCUT2D eigenvalue weighted by Gasteiger charge is 2.20. The first-order valence-corrected chi connectivity index (χ1v) is 7.84. The van der Waals surface area contributed by atoms with Crippen molar-refractivity contribution in [1.29, 1.82) is 0 Å². The number of aromatic nitrogens is 1. The number of hydrogen-bond donors (Lipinski definition) is 1. The molecule has 0 aliphatic heterocycles. The third kappa shape index (κ3) is 4.03. The predicted octanol–water partition coefficient (Wildman–Crippen LogP) is 3.38. The van der Waals surface area contributed by atoms with Gasteiger partial charge in [-0.3, -0.25) is 9.78 Å². The van der Waals surface area contributed by atoms with Gasteiger partial charge in [-0.25, -0.2) is 0 Å². The van der Waals surface area contributed by atoms with Crippen LogP contribution < -0.4 is 5.32 Å². The largest absolute Gasteiger partial charge is 0.352 e. The summed E-state index contributed by atoms with van der Waals surface area (Å²) in [6, 6.07) is 3.75. The van der Waals surface area contributed by atoms with Gasteiger partial charge in [0.15, 0.2) is 0 Å². The van der Waals surface area contributed by atoms with Gasteiger partial charge in [-0.2, -0.15) is 0 Å². The number of halogens is 1. The van der Waals surface area contributed by atoms with Crippen LogP contribution in [-0.2, 0) is 0 Å². The number of nitrogens with one attached hydrogen (secondary N) is 1. The summed E-state index contributed by atoms with van der Waals surface area (Å²) in [6.45, 7) is 4.60. The lowest BCUT2D eigenvalue weighted by Crippen LogP contribution is -2.32. The van der Waals surface area contributed by atoms with E-state index in [-0.39, 0.29) is 5.91 Å². The van der Waals surface area contributed by atoms with Gasteiger partial charge in [-0.1, -0.05) is 22.4 Å². The fourth-order valence-corrected chi connectivity index (χ4v) is 3.52. The Hall–Kier alpha value is -0.900. The van der Waals surface area contributed by atoms with Crippen LogP contribution in [0.15, 0.2) is 12.1 Å². The van der Waals surface area contributed by atoms with Gasteiger partial charge in [0.05, 0.1) is 11.3 Å². The maximum absolute atomic E-state index is 12.1. The molecule has 19 heavy (non-hydrogen) atoms. The predicted molar refractivity (Wildman–Crippen MR) is 80.7 cm³/mol. The highest BCUT2D eigenvalue weighted by atomic mass is 79.9. The van der Waals surface area contributed by atoms with Crippen LogP contribution >= 0.6 is 15.9 Å². The molecule has 0 spiro atoms. The minimum absolute atomic E-state index is 0.00157. The van der Waals surface area contributed by atoms with Gasteiger partial charge < -0.3 is 5.32 Å². The van der Waals surface area contributed by atoms with E-state index in [0.29, 0.717) is 16.3 Å². The van der Waals surface area contributed by atoms with E-state index in [1.54, 1.807) is 0 Å². The maximum atomic E-state index is 12.1. The topological polar surface area (TPSA) is 42.0 Å². The molecule has 1 aliphatic carbocycles. The van der Waals surface area contributed by atoms with Gasteiger partial charge >= 0.3 is 0 Å². The monoisotopic (exact) mass is 324 g/mol. The average Bonchev–Trinajstić information content (AvgIpc) is 2.36. The van der Waals surface area contributed by atoms with Gasteiger partial charge in [-0.15, -0.1) is 0 Å². The molecule has 0 bridgehead atoms. The molecule has 1 fully saturated rings. The summed E-state index contributed by atoms with van der Waals surface area (Å²) in [6.07, 6.45) is 4.88. The van der Waals surface area contributed by atoms with Crippen molar-refractivity contribution >= 4 is 21.8 Å². The first-order chi connectivity index (χ1) is 9.06. The highest BCUT2D eigenvalue weighted by molar-refractivity contribution is 9.09. The summed E-state index contributed by atoms with van der Waals surface area (Å²) in [7, 11) is 0. The van der Waals surface area contributed by atoms with Gasteiger partial charge in [0.1, 0.15) is 0 Å². The highest BCUT2D eigenvalue weighted by Crippen LogP contribution is 2.28. The van der Waals surface area contributed by atoms with E-state index in [2.05, 4.69) is 26.2 Å². The second-order valence-electron chi connectivity index (χ2n) is 5.43. The van der Waals surface area contributed by atoms with Crippen LogP contribution in [0.3, 0.4) is 0 Å². The molecule has 0 saturated heterocycles. The normalized spacial score (nSPS) is 23.1. The number of pyridine rings is 1. The van der Waals surface area contributed by atoms with Crippen molar-refractivity contribution in [1.82, 2.24) is 10.3 Å². The Labute approximate surface area is 123 Å². The summed E-state index contributed by atoms with van der Waals surface area (Å²) >= 11 is 3.68. The van der Waals surface area contributed by atoms with Crippen molar-refractivity contribution < 1.29 is 4.79 Å². The minimum atomic E-state index is 0.00157. The van der Waals surface area contributed by atoms with Gasteiger partial charge in [0, 0.05) is 17.1 Å². The number of amides is 1. The van der Waals surface area contributed by atoms with Crippen LogP contribution in [0.4, 0.5) is 0 Å². The van der Waals surface area contributed by atoms with E-state index in [1.807, 2.05) is 26.0 Å². The second kappa shape index (κ2) is 6.51. The number of nitrogens with zero attached hydrogens (tertiary/aromatic N) is 1. The van der Waals surface area contributed by atoms with Crippen LogP contribution in [-0.4, -0.2) is 22.3 Å². The summed E-state index contributed by atoms with van der Waals surface area (Å²) in [5.74, 6) is 0.600. The van der Waals surface area contributed by atoms with Gasteiger partial charge in [-0.05, 0) is 51.2 Å². The van der Waals surface area contributed by atoms with Gasteiger partial charge in [0.25, 0.3) is 5.91 Å². The van der Waals surface area contributed by atoms with Crippen LogP contribution in [0.5, 0.6) is 0 Å². The molecule has 1 aliphatic rings. The summed E-state index contributed by atoms with van der Waals surface area (Å²) < 4.78 is 0. The van der Waals surface area contributed by atoms with Crippen LogP contribution in [0, 0.1) is 19.8 Å². The Kier molecular flexibility index (Phi) is 4.97. The molecule has 1 N–H and O–H groups in total. The van der Waals surface area contributed by atoms with E-state index in [0.717, 1.165) is 24.4 Å². The van der Waals surface area contributed by atoms with Crippen LogP contribution in [0.1, 0.15) is 47.4 Å². The molecule has 2 rings (SSSR count). The fourth-order valence-electron chi connectivity index (χ4n) is 2.67. The van der Waals surface area contributed by atoms with Crippen molar-refractivity contribution in [3.8, 4) is 0 Å². The lowest BCUT2D eigenvalue weighted by atomic mass is 9.89. The fraction of sp³-hybridized carbons (Fsp3) is 0.600. The Balaban J connectivity index is 1.90. The molecule has 104 valence electrons. The van der Waals surface area contributed by atoms with E-state index < -0.39 is 0 Å². The molecule has 0 radical (unpaired) electrons. The quantitative estimate of drug-likeness (QED) is 0.866. The van der Waals surface area contributed by atoms with Crippen molar-refractivity contribution in [2.75, 3.05) is 6.54 Å². The lowest BCUT2D eigenvalue weighted by molar-refractivity contribution is 0.0943. The maximum Gasteiger partial charge on any atom is 0.253 e. The molecule has 1 aromatic heterocycles. The molecule has 0 aromatic carbocycles. The molecular weight excluding hydrogens is 304 g/mol. The van der Waals surface area contributed by atoms with E-state index >= 15 is 0 Å². The third-order valence-corrected chi connectivity index (χ3v) is 4.57. The minimum Gasteiger partial charge on any atom is -0.352 e. The van der Waals surface area contributed by atoms with Crippen molar-refractivity contribution in [2.24, 2.45) is 5.92 Å². The van der Waals surface area contributed by atoms with E-state index in [9.17, 15) is 4.79 Å². The zero-order valence-corrected chi connectivity index (χ0v) is 13.2. The molecule has 4 heteroatoms. The molecular formula is C15H21BrN2O. The standard InChI is InChI=1S/C15H21BrN2O/c1-10-6-7-14(11(2)18-10)15(19)17-9-12-4-3-5-13(16)8-12/h6-7,12-13H,3-5,8-9H2,1-2H3,(H,17,19). The van der Waals surface area contributed by atoms with Gasteiger partial charge in [0.2, 0.25) is 0 Å². The Bertz CT molecular complexity index is 461. The first kappa shape index (κ1) is 14.5. The number of hydrogen-bond acceptors (Lipinski definition) is 2. The Morgan fingerprint density at radius 1 is 1.42 bits per heavy atom. The Morgan fingerprint density at radius 3 is 2.89 bits per heavy atom. The van der Waals surface area contributed by atoms with Crippen LogP contribution in [0.25, 0.3) is 0 Å². The molecule has 1 heterocycles. The zero-order chi connectivity index (χ0) is 13.8. The molecule has 2 atom stereocenters. The molecule has 2 unspecified atom stereocenters. The molecule has 3 nitrogen and oxygen atoms in total. The van der Waals surface area contributed by atoms with E-state index in [4.69, 9.17) is 0 Å². The lowest BCUT2D eigenvalue weighted by Gasteiger charge is -2.25. The zero-order valence-electron chi connectivity index (χ0n) is 11.6. The number of carbonyl (C=O) groups is 1. The summed E-state index contributed by atoms with van der Waals surface area (Å²) in [5, 5.41) is 3.05. The molecule has 1 aromatic rings. The first-order valence-electron chi connectivity index (χ1n) is 6.93. The second-order valence-corrected chi connectivity index (χ2v) is 6.72. The van der Waals surface area contributed by atoms with Crippen molar-refractivity contribution in [3.63, 3.8) is 0 Å². The number of carbonyl (C=O) groups excluding carboxylic acids is 1.